The standard InChI is InChI=1S/C42H43F3N6O6S/c1-29(58-34-24-55-40(56-25-34)10-6-4-7-31-12-11-30(21-46)19-37(31)44)42(26-51-28-47-27-48-51,36-14-13-33(43)20-38(36)45)57-41(53)35-9-5-3-8-32(35)23-54-39(52)22-50-17-15-49(2)16-18-50/h3-14,19-20,27-29,34,40H,15-18,22-26H2,1-2H3/b7-4+,10-6+/t29-,34-,40-,42-/m1/s1. The molecule has 304 valence electrons. The Morgan fingerprint density at radius 3 is 2.52 bits per heavy atom. The van der Waals surface area contributed by atoms with E-state index in [-0.39, 0.29) is 54.9 Å². The fourth-order valence-electron chi connectivity index (χ4n) is 6.58. The third-order valence-corrected chi connectivity index (χ3v) is 11.3. The van der Waals surface area contributed by atoms with Crippen molar-refractivity contribution in [3.05, 3.63) is 137 Å². The van der Waals surface area contributed by atoms with Crippen molar-refractivity contribution in [2.45, 2.75) is 42.5 Å². The van der Waals surface area contributed by atoms with E-state index < -0.39 is 46.5 Å². The van der Waals surface area contributed by atoms with Gasteiger partial charge in [0.25, 0.3) is 0 Å². The van der Waals surface area contributed by atoms with Gasteiger partial charge in [0, 0.05) is 54.2 Å². The molecule has 2 aliphatic rings. The Morgan fingerprint density at radius 2 is 1.81 bits per heavy atom. The van der Waals surface area contributed by atoms with E-state index in [1.54, 1.807) is 49.4 Å². The average molecular weight is 817 g/mol. The number of thioether (sulfide) groups is 1. The van der Waals surface area contributed by atoms with E-state index in [1.807, 2.05) is 18.0 Å². The Balaban J connectivity index is 1.18. The number of piperazine rings is 1. The molecule has 0 aliphatic carbocycles. The minimum Gasteiger partial charge on any atom is -0.460 e. The lowest BCUT2D eigenvalue weighted by Crippen LogP contribution is -2.47. The zero-order valence-electron chi connectivity index (χ0n) is 32.0. The molecule has 2 fully saturated rings. The maximum Gasteiger partial charge on any atom is 0.339 e. The molecule has 0 N–H and O–H groups in total. The predicted molar refractivity (Wildman–Crippen MR) is 209 cm³/mol. The van der Waals surface area contributed by atoms with E-state index in [0.29, 0.717) is 11.1 Å². The van der Waals surface area contributed by atoms with Crippen LogP contribution in [0.1, 0.15) is 39.5 Å². The van der Waals surface area contributed by atoms with Crippen LogP contribution < -0.4 is 0 Å². The van der Waals surface area contributed by atoms with Crippen LogP contribution in [0.2, 0.25) is 0 Å². The molecule has 4 aromatic rings. The number of allylic oxidation sites excluding steroid dienone is 2. The number of likely N-dealkylation sites (N-methyl/N-ethyl adjacent to an activating group) is 1. The van der Waals surface area contributed by atoms with Gasteiger partial charge in [0.2, 0.25) is 0 Å². The maximum atomic E-state index is 16.0. The van der Waals surface area contributed by atoms with Crippen molar-refractivity contribution >= 4 is 29.8 Å². The fraction of sp³-hybridized carbons (Fsp3) is 0.357. The highest BCUT2D eigenvalue weighted by Gasteiger charge is 2.47. The molecule has 58 heavy (non-hydrogen) atoms. The van der Waals surface area contributed by atoms with Gasteiger partial charge in [0.05, 0.1) is 48.7 Å². The minimum absolute atomic E-state index is 0.0854. The molecular weight excluding hydrogens is 774 g/mol. The molecule has 12 nitrogen and oxygen atoms in total. The normalized spacial score (nSPS) is 19.4. The van der Waals surface area contributed by atoms with Crippen molar-refractivity contribution in [2.24, 2.45) is 0 Å². The van der Waals surface area contributed by atoms with Crippen LogP contribution in [0.25, 0.3) is 6.08 Å². The summed E-state index contributed by atoms with van der Waals surface area (Å²) in [7, 11) is 2.03. The summed E-state index contributed by atoms with van der Waals surface area (Å²) in [6.07, 6.45) is 8.50. The molecule has 0 spiro atoms. The monoisotopic (exact) mass is 816 g/mol. The number of hydrogen-bond donors (Lipinski definition) is 0. The number of rotatable bonds is 15. The van der Waals surface area contributed by atoms with Gasteiger partial charge >= 0.3 is 11.9 Å². The first-order chi connectivity index (χ1) is 28.0. The lowest BCUT2D eigenvalue weighted by atomic mass is 9.89. The molecule has 0 unspecified atom stereocenters. The summed E-state index contributed by atoms with van der Waals surface area (Å²) < 4.78 is 69.9. The van der Waals surface area contributed by atoms with Gasteiger partial charge < -0.3 is 23.8 Å². The van der Waals surface area contributed by atoms with E-state index in [0.717, 1.165) is 44.4 Å². The van der Waals surface area contributed by atoms with Crippen LogP contribution in [0.3, 0.4) is 0 Å². The molecule has 2 aliphatic heterocycles. The lowest BCUT2D eigenvalue weighted by molar-refractivity contribution is -0.147. The molecule has 6 rings (SSSR count). The number of aromatic nitrogens is 3. The molecule has 3 aromatic carbocycles. The molecule has 2 atom stereocenters. The number of nitriles is 1. The second-order valence-corrected chi connectivity index (χ2v) is 15.6. The lowest BCUT2D eigenvalue weighted by Gasteiger charge is -2.40. The second kappa shape index (κ2) is 19.9. The van der Waals surface area contributed by atoms with Crippen LogP contribution in [0, 0.1) is 28.8 Å². The first-order valence-corrected chi connectivity index (χ1v) is 19.6. The van der Waals surface area contributed by atoms with Gasteiger partial charge in [0.1, 0.15) is 36.7 Å². The Kier molecular flexibility index (Phi) is 14.5. The van der Waals surface area contributed by atoms with Gasteiger partial charge in [-0.3, -0.25) is 9.69 Å². The molecule has 0 saturated carbocycles. The summed E-state index contributed by atoms with van der Waals surface area (Å²) in [6, 6.07) is 15.7. The van der Waals surface area contributed by atoms with E-state index in [2.05, 4.69) is 15.0 Å². The summed E-state index contributed by atoms with van der Waals surface area (Å²) in [5.74, 6) is -3.51. The Bertz CT molecular complexity index is 2130. The summed E-state index contributed by atoms with van der Waals surface area (Å²) in [6.45, 7) is 5.06. The van der Waals surface area contributed by atoms with Crippen LogP contribution in [-0.2, 0) is 42.5 Å². The van der Waals surface area contributed by atoms with Crippen LogP contribution in [-0.4, -0.2) is 106 Å². The molecule has 0 radical (unpaired) electrons. The number of carbonyl (C=O) groups is 2. The average Bonchev–Trinajstić information content (AvgIpc) is 3.73. The Hall–Kier alpha value is -5.31. The summed E-state index contributed by atoms with van der Waals surface area (Å²) >= 11 is 1.33. The number of benzene rings is 3. The predicted octanol–water partition coefficient (Wildman–Crippen LogP) is 5.74. The van der Waals surface area contributed by atoms with Gasteiger partial charge in [-0.25, -0.2) is 27.6 Å². The van der Waals surface area contributed by atoms with Gasteiger partial charge in [0.15, 0.2) is 11.9 Å². The highest BCUT2D eigenvalue weighted by Crippen LogP contribution is 2.42. The highest BCUT2D eigenvalue weighted by atomic mass is 32.2. The number of carbonyl (C=O) groups excluding carboxylic acids is 2. The van der Waals surface area contributed by atoms with E-state index in [9.17, 15) is 18.4 Å². The number of ether oxygens (including phenoxy) is 4. The number of esters is 2. The smallest absolute Gasteiger partial charge is 0.339 e. The summed E-state index contributed by atoms with van der Waals surface area (Å²) in [5, 5.41) is 12.2. The maximum absolute atomic E-state index is 16.0. The number of hydrogen-bond acceptors (Lipinski definition) is 12. The quantitative estimate of drug-likeness (QED) is 0.107. The third-order valence-electron chi connectivity index (χ3n) is 9.83. The molecule has 3 heterocycles. The van der Waals surface area contributed by atoms with Crippen LogP contribution in [0.15, 0.2) is 91.5 Å². The van der Waals surface area contributed by atoms with E-state index in [4.69, 9.17) is 24.2 Å². The molecule has 2 saturated heterocycles. The fourth-order valence-corrected chi connectivity index (χ4v) is 7.94. The van der Waals surface area contributed by atoms with Crippen molar-refractivity contribution in [3.63, 3.8) is 0 Å². The Morgan fingerprint density at radius 1 is 1.03 bits per heavy atom. The highest BCUT2D eigenvalue weighted by molar-refractivity contribution is 8.00. The van der Waals surface area contributed by atoms with E-state index >= 15 is 4.39 Å². The van der Waals surface area contributed by atoms with Gasteiger partial charge in [-0.2, -0.15) is 10.4 Å². The molecule has 16 heteroatoms. The van der Waals surface area contributed by atoms with Crippen molar-refractivity contribution in [1.29, 1.82) is 5.26 Å². The molecule has 0 amide bonds. The van der Waals surface area contributed by atoms with Crippen molar-refractivity contribution < 1.29 is 41.7 Å². The summed E-state index contributed by atoms with van der Waals surface area (Å²) in [5.41, 5.74) is -0.842. The zero-order chi connectivity index (χ0) is 41.1. The second-order valence-electron chi connectivity index (χ2n) is 13.9. The largest absolute Gasteiger partial charge is 0.460 e. The van der Waals surface area contributed by atoms with Crippen molar-refractivity contribution in [3.8, 4) is 6.07 Å². The number of halogens is 3. The zero-order valence-corrected chi connectivity index (χ0v) is 32.8. The molecule has 1 aromatic heterocycles. The van der Waals surface area contributed by atoms with Gasteiger partial charge in [-0.15, -0.1) is 11.8 Å². The first kappa shape index (κ1) is 42.3. The van der Waals surface area contributed by atoms with Crippen LogP contribution in [0.4, 0.5) is 13.2 Å². The van der Waals surface area contributed by atoms with Gasteiger partial charge in [-0.05, 0) is 50.4 Å². The first-order valence-electron chi connectivity index (χ1n) is 18.6. The third kappa shape index (κ3) is 11.0. The molecule has 0 bridgehead atoms. The minimum atomic E-state index is -1.79. The van der Waals surface area contributed by atoms with Gasteiger partial charge in [-0.1, -0.05) is 42.5 Å². The SMILES string of the molecule is C[C@@H](S[C@H]1CO[C@H](/C=C/C=C/c2ccc(C#N)cc2F)OC1)[C@@](Cn1cncn1)(OC(=O)c1ccccc1COC(=O)CN1CCN(C)CC1)c1ccc(F)cc1F. The molecular formula is C42H43F3N6O6S. The van der Waals surface area contributed by atoms with E-state index in [1.165, 1.54) is 53.4 Å². The van der Waals surface area contributed by atoms with Crippen LogP contribution >= 0.6 is 11.8 Å². The Labute approximate surface area is 338 Å². The topological polar surface area (TPSA) is 132 Å². The van der Waals surface area contributed by atoms with Crippen LogP contribution in [0.5, 0.6) is 0 Å². The summed E-state index contributed by atoms with van der Waals surface area (Å²) in [4.78, 5) is 35.4. The van der Waals surface area contributed by atoms with Crippen molar-refractivity contribution in [1.82, 2.24) is 24.6 Å². The van der Waals surface area contributed by atoms with Crippen molar-refractivity contribution in [2.75, 3.05) is 53.0 Å². The number of nitrogens with zero attached hydrogens (tertiary/aromatic N) is 6.